The highest BCUT2D eigenvalue weighted by Gasteiger charge is 2.25. The number of benzene rings is 3. The Morgan fingerprint density at radius 1 is 1.03 bits per heavy atom. The number of aliphatic carboxylic acids is 1. The van der Waals surface area contributed by atoms with Crippen molar-refractivity contribution < 1.29 is 14.3 Å². The first-order valence-electron chi connectivity index (χ1n) is 10.3. The molecule has 0 unspecified atom stereocenters. The average molecular weight is 465 g/mol. The average Bonchev–Trinajstić information content (AvgIpc) is 3.01. The van der Waals surface area contributed by atoms with Crippen molar-refractivity contribution in [2.75, 3.05) is 5.75 Å². The zero-order valence-electron chi connectivity index (χ0n) is 17.6. The SMILES string of the molecule is CC1=C(CC(=O)O)c2cc(F)ccc2/C1=C\c1ccc(SCCc2ccc(Cl)cc2)cc1. The first kappa shape index (κ1) is 22.4. The van der Waals surface area contributed by atoms with E-state index in [2.05, 4.69) is 36.4 Å². The van der Waals surface area contributed by atoms with E-state index in [-0.39, 0.29) is 12.2 Å². The molecule has 32 heavy (non-hydrogen) atoms. The zero-order chi connectivity index (χ0) is 22.7. The molecule has 3 aromatic rings. The number of carbonyl (C=O) groups is 1. The second-order valence-corrected chi connectivity index (χ2v) is 9.32. The first-order valence-corrected chi connectivity index (χ1v) is 11.7. The monoisotopic (exact) mass is 464 g/mol. The quantitative estimate of drug-likeness (QED) is 0.365. The van der Waals surface area contributed by atoms with E-state index in [0.717, 1.165) is 39.5 Å². The minimum Gasteiger partial charge on any atom is -0.481 e. The van der Waals surface area contributed by atoms with Crippen LogP contribution in [0.4, 0.5) is 4.39 Å². The molecular weight excluding hydrogens is 443 g/mol. The van der Waals surface area contributed by atoms with E-state index in [0.29, 0.717) is 11.1 Å². The fraction of sp³-hybridized carbons (Fsp3) is 0.148. The predicted molar refractivity (Wildman–Crippen MR) is 131 cm³/mol. The number of halogens is 2. The van der Waals surface area contributed by atoms with Gasteiger partial charge in [0.1, 0.15) is 5.82 Å². The Morgan fingerprint density at radius 3 is 2.44 bits per heavy atom. The minimum absolute atomic E-state index is 0.122. The third kappa shape index (κ3) is 5.14. The molecule has 3 aromatic carbocycles. The number of hydrogen-bond donors (Lipinski definition) is 1. The summed E-state index contributed by atoms with van der Waals surface area (Å²) in [5.41, 5.74) is 6.33. The molecule has 0 atom stereocenters. The normalized spacial score (nSPS) is 14.2. The van der Waals surface area contributed by atoms with Crippen molar-refractivity contribution in [3.63, 3.8) is 0 Å². The van der Waals surface area contributed by atoms with Crippen molar-refractivity contribution in [2.24, 2.45) is 0 Å². The van der Waals surface area contributed by atoms with E-state index in [4.69, 9.17) is 11.6 Å². The minimum atomic E-state index is -0.921. The Balaban J connectivity index is 1.50. The molecule has 4 rings (SSSR count). The standard InChI is InChI=1S/C27H22ClFO2S/c1-17-24(23-11-8-21(29)15-26(23)25(17)16-27(30)31)14-19-4-9-22(10-5-19)32-13-12-18-2-6-20(28)7-3-18/h2-11,14-15H,12-13,16H2,1H3,(H,30,31)/b24-14-. The lowest BCUT2D eigenvalue weighted by Crippen LogP contribution is -1.97. The largest absolute Gasteiger partial charge is 0.481 e. The molecule has 2 nitrogen and oxygen atoms in total. The van der Waals surface area contributed by atoms with Gasteiger partial charge in [-0.25, -0.2) is 4.39 Å². The molecule has 0 saturated heterocycles. The molecule has 0 saturated carbocycles. The summed E-state index contributed by atoms with van der Waals surface area (Å²) in [6.45, 7) is 1.91. The fourth-order valence-corrected chi connectivity index (χ4v) is 4.93. The Kier molecular flexibility index (Phi) is 6.83. The molecule has 0 aromatic heterocycles. The summed E-state index contributed by atoms with van der Waals surface area (Å²) in [5, 5.41) is 10.0. The summed E-state index contributed by atoms with van der Waals surface area (Å²) in [6, 6.07) is 20.8. The Labute approximate surface area is 196 Å². The van der Waals surface area contributed by atoms with Crippen molar-refractivity contribution >= 4 is 46.6 Å². The van der Waals surface area contributed by atoms with Crippen LogP contribution in [0.15, 0.2) is 77.2 Å². The van der Waals surface area contributed by atoms with Crippen molar-refractivity contribution in [2.45, 2.75) is 24.7 Å². The van der Waals surface area contributed by atoms with Gasteiger partial charge in [0.05, 0.1) is 6.42 Å². The lowest BCUT2D eigenvalue weighted by atomic mass is 10.0. The Morgan fingerprint density at radius 2 is 1.75 bits per heavy atom. The molecule has 1 N–H and O–H groups in total. The summed E-state index contributed by atoms with van der Waals surface area (Å²) >= 11 is 7.73. The van der Waals surface area contributed by atoms with Crippen LogP contribution in [0.5, 0.6) is 0 Å². The maximum Gasteiger partial charge on any atom is 0.307 e. The van der Waals surface area contributed by atoms with Gasteiger partial charge in [-0.05, 0) is 94.8 Å². The van der Waals surface area contributed by atoms with E-state index < -0.39 is 5.97 Å². The van der Waals surface area contributed by atoms with Gasteiger partial charge in [0.15, 0.2) is 0 Å². The predicted octanol–water partition coefficient (Wildman–Crippen LogP) is 7.62. The number of fused-ring (bicyclic) bond motifs is 1. The molecule has 0 aliphatic heterocycles. The van der Waals surface area contributed by atoms with Crippen LogP contribution in [0.1, 0.15) is 35.6 Å². The van der Waals surface area contributed by atoms with Crippen LogP contribution in [0.25, 0.3) is 17.2 Å². The first-order chi connectivity index (χ1) is 15.4. The topological polar surface area (TPSA) is 37.3 Å². The molecule has 5 heteroatoms. The van der Waals surface area contributed by atoms with Crippen LogP contribution in [0.3, 0.4) is 0 Å². The highest BCUT2D eigenvalue weighted by atomic mass is 35.5. The summed E-state index contributed by atoms with van der Waals surface area (Å²) < 4.78 is 13.8. The van der Waals surface area contributed by atoms with Crippen LogP contribution < -0.4 is 0 Å². The summed E-state index contributed by atoms with van der Waals surface area (Å²) in [6.07, 6.45) is 2.89. The Bertz CT molecular complexity index is 1210. The summed E-state index contributed by atoms with van der Waals surface area (Å²) in [7, 11) is 0. The maximum absolute atomic E-state index is 13.8. The highest BCUT2D eigenvalue weighted by Crippen LogP contribution is 2.43. The molecule has 0 heterocycles. The second kappa shape index (κ2) is 9.76. The van der Waals surface area contributed by atoms with Crippen LogP contribution in [0.2, 0.25) is 5.02 Å². The number of aryl methyl sites for hydroxylation is 1. The summed E-state index contributed by atoms with van der Waals surface area (Å²) in [4.78, 5) is 12.5. The van der Waals surface area contributed by atoms with E-state index >= 15 is 0 Å². The fourth-order valence-electron chi connectivity index (χ4n) is 3.90. The van der Waals surface area contributed by atoms with E-state index in [1.165, 1.54) is 22.6 Å². The van der Waals surface area contributed by atoms with Gasteiger partial charge in [-0.2, -0.15) is 0 Å². The highest BCUT2D eigenvalue weighted by molar-refractivity contribution is 7.99. The molecule has 1 aliphatic carbocycles. The van der Waals surface area contributed by atoms with Crippen LogP contribution in [0, 0.1) is 5.82 Å². The maximum atomic E-state index is 13.8. The van der Waals surface area contributed by atoms with Gasteiger partial charge in [0.2, 0.25) is 0 Å². The third-order valence-corrected chi connectivity index (χ3v) is 6.81. The summed E-state index contributed by atoms with van der Waals surface area (Å²) in [5.74, 6) is -0.307. The molecule has 162 valence electrons. The van der Waals surface area contributed by atoms with Crippen molar-refractivity contribution in [1.29, 1.82) is 0 Å². The van der Waals surface area contributed by atoms with Crippen LogP contribution in [-0.4, -0.2) is 16.8 Å². The number of rotatable bonds is 7. The van der Waals surface area contributed by atoms with Crippen molar-refractivity contribution in [1.82, 2.24) is 0 Å². The van der Waals surface area contributed by atoms with Crippen molar-refractivity contribution in [3.8, 4) is 0 Å². The number of allylic oxidation sites excluding steroid dienone is 2. The molecule has 0 radical (unpaired) electrons. The number of carboxylic acids is 1. The molecule has 0 amide bonds. The number of hydrogen-bond acceptors (Lipinski definition) is 2. The Hall–Kier alpha value is -2.82. The molecule has 0 fully saturated rings. The van der Waals surface area contributed by atoms with E-state index in [1.54, 1.807) is 17.8 Å². The van der Waals surface area contributed by atoms with E-state index in [1.807, 2.05) is 25.1 Å². The molecular formula is C27H22ClFO2S. The van der Waals surface area contributed by atoms with Crippen LogP contribution >= 0.6 is 23.4 Å². The van der Waals surface area contributed by atoms with Crippen LogP contribution in [-0.2, 0) is 11.2 Å². The van der Waals surface area contributed by atoms with Gasteiger partial charge in [-0.1, -0.05) is 41.9 Å². The number of carboxylic acid groups (broad SMARTS) is 1. The van der Waals surface area contributed by atoms with Gasteiger partial charge < -0.3 is 5.11 Å². The van der Waals surface area contributed by atoms with Gasteiger partial charge in [0.25, 0.3) is 0 Å². The van der Waals surface area contributed by atoms with Gasteiger partial charge >= 0.3 is 5.97 Å². The number of thioether (sulfide) groups is 1. The van der Waals surface area contributed by atoms with Crippen molar-refractivity contribution in [3.05, 3.63) is 105 Å². The molecule has 0 bridgehead atoms. The molecule has 1 aliphatic rings. The lowest BCUT2D eigenvalue weighted by molar-refractivity contribution is -0.135. The van der Waals surface area contributed by atoms with Gasteiger partial charge in [-0.3, -0.25) is 4.79 Å². The van der Waals surface area contributed by atoms with E-state index in [9.17, 15) is 14.3 Å². The molecule has 0 spiro atoms. The second-order valence-electron chi connectivity index (χ2n) is 7.72. The third-order valence-electron chi connectivity index (χ3n) is 5.55. The zero-order valence-corrected chi connectivity index (χ0v) is 19.1. The smallest absolute Gasteiger partial charge is 0.307 e. The lowest BCUT2D eigenvalue weighted by Gasteiger charge is -2.06. The van der Waals surface area contributed by atoms with Gasteiger partial charge in [0, 0.05) is 15.7 Å². The van der Waals surface area contributed by atoms with Gasteiger partial charge in [-0.15, -0.1) is 11.8 Å².